The summed E-state index contributed by atoms with van der Waals surface area (Å²) in [6, 6.07) is 4.59. The zero-order valence-corrected chi connectivity index (χ0v) is 12.6. The van der Waals surface area contributed by atoms with Crippen LogP contribution in [0, 0.1) is 0 Å². The van der Waals surface area contributed by atoms with E-state index in [-0.39, 0.29) is 22.5 Å². The molecule has 108 valence electrons. The van der Waals surface area contributed by atoms with E-state index in [1.165, 1.54) is 12.3 Å². The molecule has 1 aliphatic rings. The Kier molecular flexibility index (Phi) is 3.80. The van der Waals surface area contributed by atoms with Crippen molar-refractivity contribution in [3.63, 3.8) is 0 Å². The summed E-state index contributed by atoms with van der Waals surface area (Å²) in [7, 11) is 0. The molecule has 1 amide bonds. The van der Waals surface area contributed by atoms with Crippen LogP contribution in [0.4, 0.5) is 5.69 Å². The number of ether oxygens (including phenoxy) is 2. The first-order valence-electron chi connectivity index (χ1n) is 5.76. The molecular formula is C13H7Cl3N2O3. The van der Waals surface area contributed by atoms with Crippen LogP contribution in [0.3, 0.4) is 0 Å². The summed E-state index contributed by atoms with van der Waals surface area (Å²) >= 11 is 17.6. The standard InChI is InChI=1S/C13H7Cl3N2O3/c14-7-2-10-11(21-5-20-10)3-9(7)18-13(19)6-1-8(15)12(16)17-4-6/h1-4H,5H2,(H,18,19). The van der Waals surface area contributed by atoms with Gasteiger partial charge in [-0.3, -0.25) is 4.79 Å². The Bertz CT molecular complexity index is 737. The van der Waals surface area contributed by atoms with Crippen LogP contribution in [0.5, 0.6) is 11.5 Å². The highest BCUT2D eigenvalue weighted by Crippen LogP contribution is 2.39. The van der Waals surface area contributed by atoms with E-state index < -0.39 is 5.91 Å². The predicted molar refractivity (Wildman–Crippen MR) is 79.8 cm³/mol. The molecule has 0 spiro atoms. The highest BCUT2D eigenvalue weighted by atomic mass is 35.5. The van der Waals surface area contributed by atoms with E-state index >= 15 is 0 Å². The van der Waals surface area contributed by atoms with Gasteiger partial charge in [0.2, 0.25) is 6.79 Å². The maximum Gasteiger partial charge on any atom is 0.257 e. The number of hydrogen-bond acceptors (Lipinski definition) is 4. The number of pyridine rings is 1. The molecule has 0 radical (unpaired) electrons. The molecule has 0 fully saturated rings. The van der Waals surface area contributed by atoms with Gasteiger partial charge in [0.15, 0.2) is 11.5 Å². The van der Waals surface area contributed by atoms with E-state index in [2.05, 4.69) is 10.3 Å². The van der Waals surface area contributed by atoms with Gasteiger partial charge in [-0.2, -0.15) is 0 Å². The lowest BCUT2D eigenvalue weighted by Crippen LogP contribution is -2.12. The molecule has 3 rings (SSSR count). The van der Waals surface area contributed by atoms with E-state index in [0.717, 1.165) is 0 Å². The minimum Gasteiger partial charge on any atom is -0.454 e. The molecule has 2 heterocycles. The van der Waals surface area contributed by atoms with Crippen LogP contribution < -0.4 is 14.8 Å². The second-order valence-corrected chi connectivity index (χ2v) is 5.31. The van der Waals surface area contributed by atoms with Crippen molar-refractivity contribution in [3.05, 3.63) is 45.2 Å². The van der Waals surface area contributed by atoms with Crippen molar-refractivity contribution >= 4 is 46.4 Å². The normalized spacial score (nSPS) is 12.3. The fourth-order valence-electron chi connectivity index (χ4n) is 1.75. The number of nitrogens with one attached hydrogen (secondary N) is 1. The fourth-order valence-corrected chi connectivity index (χ4v) is 2.22. The molecule has 21 heavy (non-hydrogen) atoms. The van der Waals surface area contributed by atoms with Gasteiger partial charge in [-0.05, 0) is 6.07 Å². The van der Waals surface area contributed by atoms with Gasteiger partial charge < -0.3 is 14.8 Å². The lowest BCUT2D eigenvalue weighted by Gasteiger charge is -2.08. The van der Waals surface area contributed by atoms with E-state index in [9.17, 15) is 4.79 Å². The lowest BCUT2D eigenvalue weighted by atomic mass is 10.2. The van der Waals surface area contributed by atoms with E-state index in [0.29, 0.717) is 22.2 Å². The number of fused-ring (bicyclic) bond motifs is 1. The van der Waals surface area contributed by atoms with Gasteiger partial charge in [0.25, 0.3) is 5.91 Å². The molecule has 1 N–H and O–H groups in total. The summed E-state index contributed by atoms with van der Waals surface area (Å²) in [6.45, 7) is 0.125. The first-order chi connectivity index (χ1) is 10.0. The molecule has 8 heteroatoms. The minimum atomic E-state index is -0.415. The lowest BCUT2D eigenvalue weighted by molar-refractivity contribution is 0.102. The fraction of sp³-hybridized carbons (Fsp3) is 0.0769. The van der Waals surface area contributed by atoms with E-state index in [1.54, 1.807) is 12.1 Å². The van der Waals surface area contributed by atoms with Crippen LogP contribution in [-0.2, 0) is 0 Å². The van der Waals surface area contributed by atoms with Gasteiger partial charge in [0, 0.05) is 18.3 Å². The zero-order chi connectivity index (χ0) is 15.0. The van der Waals surface area contributed by atoms with Gasteiger partial charge in [0.05, 0.1) is 21.3 Å². The quantitative estimate of drug-likeness (QED) is 0.835. The topological polar surface area (TPSA) is 60.5 Å². The van der Waals surface area contributed by atoms with E-state index in [4.69, 9.17) is 44.3 Å². The Hall–Kier alpha value is -1.69. The van der Waals surface area contributed by atoms with Gasteiger partial charge in [0.1, 0.15) is 5.15 Å². The van der Waals surface area contributed by atoms with Gasteiger partial charge >= 0.3 is 0 Å². The molecule has 1 aliphatic heterocycles. The Morgan fingerprint density at radius 2 is 1.81 bits per heavy atom. The number of carbonyl (C=O) groups is 1. The Morgan fingerprint density at radius 3 is 2.52 bits per heavy atom. The Labute approximate surface area is 134 Å². The summed E-state index contributed by atoms with van der Waals surface area (Å²) < 4.78 is 10.4. The highest BCUT2D eigenvalue weighted by Gasteiger charge is 2.18. The number of halogens is 3. The number of anilines is 1. The summed E-state index contributed by atoms with van der Waals surface area (Å²) in [5.74, 6) is 0.637. The molecule has 2 aromatic rings. The monoisotopic (exact) mass is 344 g/mol. The van der Waals surface area contributed by atoms with Crippen LogP contribution in [0.2, 0.25) is 15.2 Å². The third kappa shape index (κ3) is 2.85. The molecular weight excluding hydrogens is 339 g/mol. The van der Waals surface area contributed by atoms with Gasteiger partial charge in [-0.25, -0.2) is 4.98 Å². The molecule has 0 saturated heterocycles. The van der Waals surface area contributed by atoms with Crippen molar-refractivity contribution < 1.29 is 14.3 Å². The van der Waals surface area contributed by atoms with Crippen molar-refractivity contribution in [3.8, 4) is 11.5 Å². The SMILES string of the molecule is O=C(Nc1cc2c(cc1Cl)OCO2)c1cnc(Cl)c(Cl)c1. The highest BCUT2D eigenvalue weighted by molar-refractivity contribution is 6.41. The number of benzene rings is 1. The van der Waals surface area contributed by atoms with Crippen molar-refractivity contribution in [1.29, 1.82) is 0 Å². The van der Waals surface area contributed by atoms with Gasteiger partial charge in [-0.1, -0.05) is 34.8 Å². The number of hydrogen-bond donors (Lipinski definition) is 1. The number of rotatable bonds is 2. The summed E-state index contributed by atoms with van der Waals surface area (Å²) in [5.41, 5.74) is 0.662. The van der Waals surface area contributed by atoms with Crippen LogP contribution in [-0.4, -0.2) is 17.7 Å². The molecule has 0 unspecified atom stereocenters. The molecule has 0 aliphatic carbocycles. The average molecular weight is 346 g/mol. The maximum absolute atomic E-state index is 12.1. The number of aromatic nitrogens is 1. The number of nitrogens with zero attached hydrogens (tertiary/aromatic N) is 1. The molecule has 1 aromatic carbocycles. The van der Waals surface area contributed by atoms with Crippen molar-refractivity contribution in [2.45, 2.75) is 0 Å². The molecule has 0 atom stereocenters. The predicted octanol–water partition coefficient (Wildman–Crippen LogP) is 4.02. The first kappa shape index (κ1) is 14.3. The smallest absolute Gasteiger partial charge is 0.257 e. The summed E-state index contributed by atoms with van der Waals surface area (Å²) in [6.07, 6.45) is 1.32. The average Bonchev–Trinajstić information content (AvgIpc) is 2.89. The van der Waals surface area contributed by atoms with Crippen LogP contribution in [0.1, 0.15) is 10.4 Å². The van der Waals surface area contributed by atoms with E-state index in [1.807, 2.05) is 0 Å². The largest absolute Gasteiger partial charge is 0.454 e. The number of carbonyl (C=O) groups excluding carboxylic acids is 1. The maximum atomic E-state index is 12.1. The first-order valence-corrected chi connectivity index (χ1v) is 6.89. The van der Waals surface area contributed by atoms with Gasteiger partial charge in [-0.15, -0.1) is 0 Å². The van der Waals surface area contributed by atoms with Crippen LogP contribution in [0.15, 0.2) is 24.4 Å². The van der Waals surface area contributed by atoms with Crippen LogP contribution >= 0.6 is 34.8 Å². The summed E-state index contributed by atoms with van der Waals surface area (Å²) in [4.78, 5) is 16.0. The molecule has 5 nitrogen and oxygen atoms in total. The summed E-state index contributed by atoms with van der Waals surface area (Å²) in [5, 5.41) is 3.32. The Balaban J connectivity index is 1.86. The molecule has 0 bridgehead atoms. The second kappa shape index (κ2) is 5.60. The third-order valence-electron chi connectivity index (χ3n) is 2.77. The molecule has 1 aromatic heterocycles. The van der Waals surface area contributed by atoms with Crippen molar-refractivity contribution in [2.24, 2.45) is 0 Å². The minimum absolute atomic E-state index is 0.125. The number of amides is 1. The van der Waals surface area contributed by atoms with Crippen molar-refractivity contribution in [2.75, 3.05) is 12.1 Å². The molecule has 0 saturated carbocycles. The Morgan fingerprint density at radius 1 is 1.10 bits per heavy atom. The zero-order valence-electron chi connectivity index (χ0n) is 10.3. The van der Waals surface area contributed by atoms with Crippen LogP contribution in [0.25, 0.3) is 0 Å². The second-order valence-electron chi connectivity index (χ2n) is 4.14. The third-order valence-corrected chi connectivity index (χ3v) is 3.77. The van der Waals surface area contributed by atoms with Crippen molar-refractivity contribution in [1.82, 2.24) is 4.98 Å².